The Kier molecular flexibility index (Phi) is 11.7. The number of aliphatic hydroxyl groups is 2. The van der Waals surface area contributed by atoms with Gasteiger partial charge in [0.05, 0.1) is 32.6 Å². The Morgan fingerprint density at radius 2 is 1.42 bits per heavy atom. The zero-order chi connectivity index (χ0) is 27.7. The van der Waals surface area contributed by atoms with Crippen molar-refractivity contribution in [3.63, 3.8) is 0 Å². The molecular weight excluding hydrogens is 490 g/mol. The topological polar surface area (TPSA) is 164 Å². The highest BCUT2D eigenvalue weighted by molar-refractivity contribution is 7.89. The van der Waals surface area contributed by atoms with Gasteiger partial charge in [-0.05, 0) is 31.4 Å². The van der Waals surface area contributed by atoms with Gasteiger partial charge in [0.1, 0.15) is 0 Å². The number of benzene rings is 2. The fraction of sp³-hybridized carbons (Fsp3) is 0.500. The molecule has 12 heteroatoms. The molecule has 0 aromatic heterocycles. The second-order valence-corrected chi connectivity index (χ2v) is 11.3. The lowest BCUT2D eigenvalue weighted by Crippen LogP contribution is -2.39. The van der Waals surface area contributed by atoms with Gasteiger partial charge < -0.3 is 29.8 Å². The average molecular weight is 529 g/mol. The molecule has 202 valence electrons. The average Bonchev–Trinajstić information content (AvgIpc) is 2.78. The van der Waals surface area contributed by atoms with E-state index < -0.39 is 34.2 Å². The van der Waals surface area contributed by atoms with Crippen molar-refractivity contribution in [2.75, 3.05) is 53.2 Å². The second kappa shape index (κ2) is 13.5. The van der Waals surface area contributed by atoms with E-state index in [1.165, 1.54) is 0 Å². The summed E-state index contributed by atoms with van der Waals surface area (Å²) in [6.07, 6.45) is -1.55. The maximum Gasteiger partial charge on any atom is 0.335 e. The Balaban J connectivity index is 0.000000548. The van der Waals surface area contributed by atoms with Crippen LogP contribution in [0, 0.1) is 0 Å². The summed E-state index contributed by atoms with van der Waals surface area (Å²) in [6, 6.07) is 11.2. The van der Waals surface area contributed by atoms with Crippen LogP contribution in [0.2, 0.25) is 0 Å². The van der Waals surface area contributed by atoms with E-state index in [1.54, 1.807) is 6.07 Å². The first kappa shape index (κ1) is 31.3. The number of hydrogen-bond donors (Lipinski definition) is 5. The predicted molar refractivity (Wildman–Crippen MR) is 137 cm³/mol. The molecule has 0 radical (unpaired) electrons. The van der Waals surface area contributed by atoms with Crippen molar-refractivity contribution in [2.45, 2.75) is 36.4 Å². The third-order valence-electron chi connectivity index (χ3n) is 5.23. The minimum atomic E-state index is -3.52. The first-order valence-electron chi connectivity index (χ1n) is 11.4. The van der Waals surface area contributed by atoms with E-state index in [9.17, 15) is 18.0 Å². The van der Waals surface area contributed by atoms with E-state index in [4.69, 9.17) is 20.4 Å². The van der Waals surface area contributed by atoms with Crippen molar-refractivity contribution >= 4 is 38.4 Å². The van der Waals surface area contributed by atoms with Crippen LogP contribution in [0.5, 0.6) is 0 Å². The molecule has 0 heterocycles. The van der Waals surface area contributed by atoms with Gasteiger partial charge >= 0.3 is 11.9 Å². The molecule has 0 fully saturated rings. The Bertz CT molecular complexity index is 1110. The number of anilines is 1. The summed E-state index contributed by atoms with van der Waals surface area (Å²) in [4.78, 5) is 21.9. The molecule has 5 N–H and O–H groups in total. The lowest BCUT2D eigenvalue weighted by molar-refractivity contribution is -0.870. The van der Waals surface area contributed by atoms with Crippen LogP contribution in [0.3, 0.4) is 0 Å². The van der Waals surface area contributed by atoms with Gasteiger partial charge in [0, 0.05) is 37.1 Å². The Morgan fingerprint density at radius 3 is 1.92 bits per heavy atom. The number of nitrogens with zero attached hydrogens (tertiary/aromatic N) is 2. The number of carboxylic acid groups (broad SMARTS) is 2. The van der Waals surface area contributed by atoms with E-state index in [-0.39, 0.29) is 0 Å². The predicted octanol–water partition coefficient (Wildman–Crippen LogP) is 0.938. The van der Waals surface area contributed by atoms with E-state index >= 15 is 0 Å². The van der Waals surface area contributed by atoms with Crippen LogP contribution < -0.4 is 9.62 Å². The van der Waals surface area contributed by atoms with Gasteiger partial charge in [-0.2, -0.15) is 0 Å². The smallest absolute Gasteiger partial charge is 0.335 e. The molecule has 0 aliphatic heterocycles. The summed E-state index contributed by atoms with van der Waals surface area (Å²) in [5, 5.41) is 34.2. The third-order valence-corrected chi connectivity index (χ3v) is 6.75. The van der Waals surface area contributed by atoms with Crippen LogP contribution >= 0.6 is 0 Å². The molecule has 2 aromatic rings. The summed E-state index contributed by atoms with van der Waals surface area (Å²) in [5.41, 5.74) is 1.01. The summed E-state index contributed by atoms with van der Waals surface area (Å²) in [6.45, 7) is 1.58. The fourth-order valence-corrected chi connectivity index (χ4v) is 4.62. The monoisotopic (exact) mass is 528 g/mol. The number of aliphatic hydroxyl groups excluding tert-OH is 2. The van der Waals surface area contributed by atoms with E-state index in [0.717, 1.165) is 46.8 Å². The minimum absolute atomic E-state index is 0.352. The summed E-state index contributed by atoms with van der Waals surface area (Å²) in [7, 11) is 6.92. The summed E-state index contributed by atoms with van der Waals surface area (Å²) in [5.74, 6) is -3.54. The number of fused-ring (bicyclic) bond motifs is 1. The molecule has 0 bridgehead atoms. The zero-order valence-electron chi connectivity index (χ0n) is 21.4. The first-order valence-corrected chi connectivity index (χ1v) is 12.9. The first-order chi connectivity index (χ1) is 16.6. The quantitative estimate of drug-likeness (QED) is 0.199. The molecule has 0 aliphatic rings. The Hall–Kier alpha value is -2.77. The molecule has 0 aliphatic carbocycles. The third kappa shape index (κ3) is 9.70. The van der Waals surface area contributed by atoms with Crippen molar-refractivity contribution in [3.8, 4) is 0 Å². The number of nitrogens with one attached hydrogen (secondary N) is 1. The number of aliphatic carboxylic acids is 2. The standard InChI is InChI=1S/C20H32N3O2S.C4H6O6/c1-22(2)19-13-9-12-18-17(19)11-10-14-20(18)26(24,25)21-15-7-6-8-16-23(3,4)5;5-1(3(7)8)2(6)4(9)10/h9-14,21H,6-8,15-16H2,1-5H3;1-2,5-6H,(H,7,8)(H,9,10)/q+1;. The molecule has 0 saturated carbocycles. The molecule has 0 spiro atoms. The number of unbranched alkanes of at least 4 members (excludes halogenated alkanes) is 2. The highest BCUT2D eigenvalue weighted by Gasteiger charge is 2.29. The van der Waals surface area contributed by atoms with Crippen molar-refractivity contribution in [1.29, 1.82) is 0 Å². The Morgan fingerprint density at radius 1 is 0.889 bits per heavy atom. The van der Waals surface area contributed by atoms with Gasteiger partial charge in [0.25, 0.3) is 0 Å². The molecule has 11 nitrogen and oxygen atoms in total. The van der Waals surface area contributed by atoms with Gasteiger partial charge in [-0.1, -0.05) is 24.3 Å². The maximum absolute atomic E-state index is 12.8. The molecule has 2 rings (SSSR count). The summed E-state index contributed by atoms with van der Waals surface area (Å²) < 4.78 is 29.3. The van der Waals surface area contributed by atoms with Crippen molar-refractivity contribution in [2.24, 2.45) is 0 Å². The van der Waals surface area contributed by atoms with Crippen molar-refractivity contribution in [1.82, 2.24) is 4.72 Å². The lowest BCUT2D eigenvalue weighted by Gasteiger charge is -2.23. The highest BCUT2D eigenvalue weighted by atomic mass is 32.2. The number of rotatable bonds is 12. The zero-order valence-corrected chi connectivity index (χ0v) is 22.2. The molecule has 36 heavy (non-hydrogen) atoms. The van der Waals surface area contributed by atoms with E-state index in [1.807, 2.05) is 49.3 Å². The SMILES string of the molecule is CN(C)c1cccc2c(S(=O)(=O)NCCCCC[N+](C)(C)C)cccc12.O=C(O)C(O)C(O)C(=O)O. The van der Waals surface area contributed by atoms with Crippen LogP contribution in [0.4, 0.5) is 5.69 Å². The Labute approximate surface area is 212 Å². The molecule has 0 saturated heterocycles. The van der Waals surface area contributed by atoms with Crippen LogP contribution in [0.25, 0.3) is 10.8 Å². The number of carboxylic acids is 2. The maximum atomic E-state index is 12.8. The van der Waals surface area contributed by atoms with Gasteiger partial charge in [-0.25, -0.2) is 22.7 Å². The number of carbonyl (C=O) groups is 2. The second-order valence-electron chi connectivity index (χ2n) is 9.56. The van der Waals surface area contributed by atoms with Crippen molar-refractivity contribution in [3.05, 3.63) is 36.4 Å². The van der Waals surface area contributed by atoms with Crippen LogP contribution in [0.1, 0.15) is 19.3 Å². The number of sulfonamides is 1. The molecule has 0 amide bonds. The summed E-state index contributed by atoms with van der Waals surface area (Å²) >= 11 is 0. The normalized spacial score (nSPS) is 13.4. The molecule has 2 unspecified atom stereocenters. The highest BCUT2D eigenvalue weighted by Crippen LogP contribution is 2.30. The van der Waals surface area contributed by atoms with Gasteiger partial charge in [0.2, 0.25) is 10.0 Å². The van der Waals surface area contributed by atoms with Crippen LogP contribution in [-0.2, 0) is 19.6 Å². The van der Waals surface area contributed by atoms with Gasteiger partial charge in [-0.3, -0.25) is 0 Å². The van der Waals surface area contributed by atoms with Crippen molar-refractivity contribution < 1.29 is 42.9 Å². The molecular formula is C24H38N3O8S+. The number of hydrogen-bond acceptors (Lipinski definition) is 7. The lowest BCUT2D eigenvalue weighted by atomic mass is 10.1. The molecule has 2 aromatic carbocycles. The van der Waals surface area contributed by atoms with Crippen LogP contribution in [-0.4, -0.2) is 106 Å². The largest absolute Gasteiger partial charge is 0.479 e. The van der Waals surface area contributed by atoms with E-state index in [2.05, 4.69) is 25.9 Å². The van der Waals surface area contributed by atoms with Gasteiger partial charge in [0.15, 0.2) is 12.2 Å². The fourth-order valence-electron chi connectivity index (χ4n) is 3.33. The van der Waals surface area contributed by atoms with E-state index in [0.29, 0.717) is 11.4 Å². The number of quaternary nitrogens is 1. The minimum Gasteiger partial charge on any atom is -0.479 e. The van der Waals surface area contributed by atoms with Gasteiger partial charge in [-0.15, -0.1) is 0 Å². The molecule has 2 atom stereocenters. The van der Waals surface area contributed by atoms with Crippen LogP contribution in [0.15, 0.2) is 41.3 Å².